The summed E-state index contributed by atoms with van der Waals surface area (Å²) in [7, 11) is 4.28. The third kappa shape index (κ3) is 5.18. The Labute approximate surface area is 220 Å². The Hall–Kier alpha value is -3.64. The van der Waals surface area contributed by atoms with Crippen LogP contribution in [-0.2, 0) is 23.9 Å². The zero-order valence-corrected chi connectivity index (χ0v) is 21.4. The number of methoxy groups -OCH3 is 2. The van der Waals surface area contributed by atoms with Gasteiger partial charge in [-0.15, -0.1) is 0 Å². The van der Waals surface area contributed by atoms with Gasteiger partial charge >= 0.3 is 18.1 Å². The first-order chi connectivity index (χ1) is 17.7. The summed E-state index contributed by atoms with van der Waals surface area (Å²) in [6.07, 6.45) is -5.08. The van der Waals surface area contributed by atoms with Crippen LogP contribution >= 0.6 is 11.6 Å². The van der Waals surface area contributed by atoms with Crippen LogP contribution in [-0.4, -0.2) is 66.7 Å². The number of alkyl halides is 3. The predicted molar refractivity (Wildman–Crippen MR) is 128 cm³/mol. The lowest BCUT2D eigenvalue weighted by Crippen LogP contribution is -2.53. The number of imide groups is 1. The number of ether oxygens (including phenoxy) is 2. The first-order valence-electron chi connectivity index (χ1n) is 11.1. The number of amides is 2. The molecule has 0 aliphatic carbocycles. The maximum absolute atomic E-state index is 12.9. The molecule has 2 saturated heterocycles. The second-order valence-corrected chi connectivity index (χ2v) is 9.26. The van der Waals surface area contributed by atoms with Crippen molar-refractivity contribution in [2.45, 2.75) is 24.7 Å². The van der Waals surface area contributed by atoms with E-state index >= 15 is 0 Å². The van der Waals surface area contributed by atoms with Crippen LogP contribution < -0.4 is 10.1 Å². The molecule has 9 nitrogen and oxygen atoms in total. The van der Waals surface area contributed by atoms with Crippen LogP contribution in [0.3, 0.4) is 0 Å². The zero-order valence-electron chi connectivity index (χ0n) is 20.6. The molecule has 2 aromatic rings. The molecule has 2 fully saturated rings. The fraction of sp³-hybridized carbons (Fsp3) is 0.360. The first kappa shape index (κ1) is 28.9. The molecule has 204 valence electrons. The number of fused-ring (bicyclic) bond motifs is 1. The maximum atomic E-state index is 12.9. The van der Waals surface area contributed by atoms with Crippen LogP contribution in [0.1, 0.15) is 18.5 Å². The number of halogens is 4. The lowest BCUT2D eigenvalue weighted by atomic mass is 9.80. The van der Waals surface area contributed by atoms with Crippen LogP contribution in [0.25, 0.3) is 11.1 Å². The summed E-state index contributed by atoms with van der Waals surface area (Å²) in [4.78, 5) is 48.4. The Kier molecular flexibility index (Phi) is 8.08. The quantitative estimate of drug-likeness (QED) is 0.434. The number of esters is 1. The van der Waals surface area contributed by atoms with E-state index in [1.54, 1.807) is 20.1 Å². The Morgan fingerprint density at radius 3 is 2.26 bits per heavy atom. The molecular weight excluding hydrogens is 533 g/mol. The summed E-state index contributed by atoms with van der Waals surface area (Å²) in [5, 5.41) is 11.0. The highest BCUT2D eigenvalue weighted by Gasteiger charge is 2.66. The molecule has 2 aliphatic rings. The first-order valence-corrected chi connectivity index (χ1v) is 11.5. The van der Waals surface area contributed by atoms with E-state index in [1.807, 2.05) is 36.4 Å². The van der Waals surface area contributed by atoms with Crippen molar-refractivity contribution in [2.24, 2.45) is 11.8 Å². The van der Waals surface area contributed by atoms with Crippen LogP contribution in [0, 0.1) is 11.8 Å². The number of carboxylic acids is 1. The van der Waals surface area contributed by atoms with Crippen molar-refractivity contribution in [3.8, 4) is 16.9 Å². The number of carboxylic acid groups (broad SMARTS) is 1. The van der Waals surface area contributed by atoms with Gasteiger partial charge in [-0.05, 0) is 36.2 Å². The monoisotopic (exact) mass is 556 g/mol. The smallest absolute Gasteiger partial charge is 0.490 e. The number of likely N-dealkylation sites (tertiary alicyclic amines) is 1. The van der Waals surface area contributed by atoms with Crippen LogP contribution in [0.15, 0.2) is 42.5 Å². The summed E-state index contributed by atoms with van der Waals surface area (Å²) in [6, 6.07) is 12.4. The highest BCUT2D eigenvalue weighted by molar-refractivity contribution is 6.30. The SMILES string of the molecule is COC(=O)[C@]1(C)N[C@H](c2ccc(-c3cccc(Cl)c3)c(OC)c2)[C@@H]2C(=O)N(C)C(=O)[C@@H]21.O=C(O)C(F)(F)F. The number of aliphatic carboxylic acids is 1. The third-order valence-corrected chi connectivity index (χ3v) is 6.82. The van der Waals surface area contributed by atoms with E-state index in [2.05, 4.69) is 5.32 Å². The predicted octanol–water partition coefficient (Wildman–Crippen LogP) is 3.46. The van der Waals surface area contributed by atoms with Crippen LogP contribution in [0.4, 0.5) is 13.2 Å². The molecule has 2 heterocycles. The Morgan fingerprint density at radius 2 is 1.74 bits per heavy atom. The van der Waals surface area contributed by atoms with Crippen molar-refractivity contribution in [1.82, 2.24) is 10.2 Å². The van der Waals surface area contributed by atoms with Crippen molar-refractivity contribution in [3.63, 3.8) is 0 Å². The average Bonchev–Trinajstić information content (AvgIpc) is 3.31. The summed E-state index contributed by atoms with van der Waals surface area (Å²) in [5.74, 6) is -5.02. The molecule has 13 heteroatoms. The summed E-state index contributed by atoms with van der Waals surface area (Å²) < 4.78 is 42.3. The molecule has 38 heavy (non-hydrogen) atoms. The molecule has 2 aliphatic heterocycles. The minimum absolute atomic E-state index is 0.321. The normalized spacial score (nSPS) is 24.4. The minimum Gasteiger partial charge on any atom is -0.496 e. The number of nitrogens with one attached hydrogen (secondary N) is 1. The molecule has 0 radical (unpaired) electrons. The van der Waals surface area contributed by atoms with E-state index in [9.17, 15) is 27.6 Å². The van der Waals surface area contributed by atoms with E-state index in [0.717, 1.165) is 21.6 Å². The molecular formula is C25H24ClF3N2O7. The number of carbonyl (C=O) groups is 4. The molecule has 0 unspecified atom stereocenters. The van der Waals surface area contributed by atoms with Gasteiger partial charge in [-0.1, -0.05) is 35.9 Å². The Balaban J connectivity index is 0.000000505. The molecule has 2 N–H and O–H groups in total. The van der Waals surface area contributed by atoms with Gasteiger partial charge in [0.25, 0.3) is 0 Å². The van der Waals surface area contributed by atoms with E-state index in [0.29, 0.717) is 10.8 Å². The van der Waals surface area contributed by atoms with Gasteiger partial charge in [0.05, 0.1) is 26.1 Å². The topological polar surface area (TPSA) is 122 Å². The molecule has 2 aromatic carbocycles. The van der Waals surface area contributed by atoms with Crippen LogP contribution in [0.5, 0.6) is 5.75 Å². The second-order valence-electron chi connectivity index (χ2n) is 8.83. The zero-order chi connectivity index (χ0) is 28.6. The van der Waals surface area contributed by atoms with E-state index in [-0.39, 0.29) is 11.8 Å². The van der Waals surface area contributed by atoms with E-state index < -0.39 is 41.5 Å². The number of hydrogen-bond donors (Lipinski definition) is 2. The highest BCUT2D eigenvalue weighted by atomic mass is 35.5. The number of carbonyl (C=O) groups excluding carboxylic acids is 3. The highest BCUT2D eigenvalue weighted by Crippen LogP contribution is 2.49. The minimum atomic E-state index is -5.08. The largest absolute Gasteiger partial charge is 0.496 e. The molecule has 0 spiro atoms. The Morgan fingerprint density at radius 1 is 1.11 bits per heavy atom. The average molecular weight is 557 g/mol. The summed E-state index contributed by atoms with van der Waals surface area (Å²) in [5.41, 5.74) is 1.14. The standard InChI is InChI=1S/C23H23ClN2O5.C2HF3O2/c1-23(22(29)31-4)18-17(20(27)26(2)21(18)28)19(25-23)13-8-9-15(16(11-13)30-3)12-6-5-7-14(24)10-12;3-2(4,5)1(6)7/h5-11,17-19,25H,1-4H3;(H,6,7)/t17-,18-,19-,23-;/m1./s1. The van der Waals surface area contributed by atoms with Gasteiger partial charge in [0.1, 0.15) is 11.3 Å². The van der Waals surface area contributed by atoms with E-state index in [1.165, 1.54) is 14.2 Å². The lowest BCUT2D eigenvalue weighted by molar-refractivity contribution is -0.192. The third-order valence-electron chi connectivity index (χ3n) is 6.58. The molecule has 2 amide bonds. The van der Waals surface area contributed by atoms with Crippen molar-refractivity contribution in [2.75, 3.05) is 21.3 Å². The number of benzene rings is 2. The van der Waals surface area contributed by atoms with E-state index in [4.69, 9.17) is 31.0 Å². The van der Waals surface area contributed by atoms with Crippen molar-refractivity contribution in [3.05, 3.63) is 53.1 Å². The van der Waals surface area contributed by atoms with Gasteiger partial charge in [0.15, 0.2) is 0 Å². The van der Waals surface area contributed by atoms with Crippen molar-refractivity contribution in [1.29, 1.82) is 0 Å². The van der Waals surface area contributed by atoms with Crippen LogP contribution in [0.2, 0.25) is 5.02 Å². The Bertz CT molecular complexity index is 1290. The molecule has 0 bridgehead atoms. The fourth-order valence-corrected chi connectivity index (χ4v) is 4.96. The van der Waals surface area contributed by atoms with Crippen molar-refractivity contribution >= 4 is 35.4 Å². The van der Waals surface area contributed by atoms with Gasteiger partial charge in [-0.3, -0.25) is 24.6 Å². The van der Waals surface area contributed by atoms with Crippen molar-refractivity contribution < 1.29 is 46.9 Å². The maximum Gasteiger partial charge on any atom is 0.490 e. The lowest BCUT2D eigenvalue weighted by Gasteiger charge is -2.28. The number of hydrogen-bond acceptors (Lipinski definition) is 7. The van der Waals surface area contributed by atoms with Gasteiger partial charge < -0.3 is 14.6 Å². The summed E-state index contributed by atoms with van der Waals surface area (Å²) >= 11 is 6.14. The molecule has 4 rings (SSSR count). The number of rotatable bonds is 4. The van der Waals surface area contributed by atoms with Gasteiger partial charge in [-0.2, -0.15) is 13.2 Å². The molecule has 4 atom stereocenters. The second kappa shape index (κ2) is 10.6. The van der Waals surface area contributed by atoms with Gasteiger partial charge in [-0.25, -0.2) is 4.79 Å². The van der Waals surface area contributed by atoms with Gasteiger partial charge in [0, 0.05) is 23.7 Å². The van der Waals surface area contributed by atoms with Gasteiger partial charge in [0.2, 0.25) is 11.8 Å². The molecule has 0 saturated carbocycles. The molecule has 0 aromatic heterocycles. The fourth-order valence-electron chi connectivity index (χ4n) is 4.77. The number of nitrogens with zero attached hydrogens (tertiary/aromatic N) is 1. The summed E-state index contributed by atoms with van der Waals surface area (Å²) in [6.45, 7) is 1.61.